The number of allylic oxidation sites excluding steroid dienone is 2. The second kappa shape index (κ2) is 4.61. The van der Waals surface area contributed by atoms with Gasteiger partial charge in [-0.25, -0.2) is 0 Å². The Morgan fingerprint density at radius 3 is 3.00 bits per heavy atom. The molecular formula is C15H20N2. The highest BCUT2D eigenvalue weighted by Gasteiger charge is 2.35. The first-order chi connectivity index (χ1) is 8.33. The molecular weight excluding hydrogens is 208 g/mol. The van der Waals surface area contributed by atoms with Gasteiger partial charge in [0.2, 0.25) is 0 Å². The van der Waals surface area contributed by atoms with Crippen molar-refractivity contribution in [2.45, 2.75) is 25.8 Å². The van der Waals surface area contributed by atoms with Gasteiger partial charge >= 0.3 is 0 Å². The molecule has 2 aliphatic rings. The van der Waals surface area contributed by atoms with Gasteiger partial charge in [-0.2, -0.15) is 0 Å². The normalized spacial score (nSPS) is 31.9. The third-order valence-corrected chi connectivity index (χ3v) is 4.29. The van der Waals surface area contributed by atoms with E-state index in [1.807, 2.05) is 18.5 Å². The molecule has 0 radical (unpaired) electrons. The van der Waals surface area contributed by atoms with Crippen molar-refractivity contribution >= 4 is 0 Å². The first kappa shape index (κ1) is 11.0. The summed E-state index contributed by atoms with van der Waals surface area (Å²) in [6, 6.07) is 4.56. The molecule has 4 atom stereocenters. The predicted octanol–water partition coefficient (Wildman–Crippen LogP) is 2.94. The molecule has 2 heteroatoms. The van der Waals surface area contributed by atoms with Crippen LogP contribution in [0, 0.1) is 17.8 Å². The summed E-state index contributed by atoms with van der Waals surface area (Å²) in [6.45, 7) is 3.36. The van der Waals surface area contributed by atoms with E-state index in [9.17, 15) is 0 Å². The molecule has 1 aromatic rings. The molecule has 0 aliphatic heterocycles. The molecule has 1 heterocycles. The average molecular weight is 228 g/mol. The summed E-state index contributed by atoms with van der Waals surface area (Å²) in [5, 5.41) is 3.65. The van der Waals surface area contributed by atoms with Gasteiger partial charge in [-0.05, 0) is 55.7 Å². The summed E-state index contributed by atoms with van der Waals surface area (Å²) in [5.74, 6) is 2.57. The lowest BCUT2D eigenvalue weighted by Gasteiger charge is -2.21. The molecule has 2 aliphatic carbocycles. The molecule has 0 saturated heterocycles. The second-order valence-corrected chi connectivity index (χ2v) is 5.46. The quantitative estimate of drug-likeness (QED) is 0.801. The number of hydrogen-bond acceptors (Lipinski definition) is 2. The van der Waals surface area contributed by atoms with E-state index >= 15 is 0 Å². The Balaban J connectivity index is 1.53. The van der Waals surface area contributed by atoms with Gasteiger partial charge in [-0.3, -0.25) is 4.98 Å². The van der Waals surface area contributed by atoms with Crippen LogP contribution in [0.4, 0.5) is 0 Å². The van der Waals surface area contributed by atoms with Crippen LogP contribution in [0.15, 0.2) is 36.7 Å². The number of nitrogens with one attached hydrogen (secondary N) is 1. The molecule has 3 unspecified atom stereocenters. The fourth-order valence-electron chi connectivity index (χ4n) is 3.21. The number of aromatic nitrogens is 1. The number of fused-ring (bicyclic) bond motifs is 2. The highest BCUT2D eigenvalue weighted by molar-refractivity contribution is 5.14. The van der Waals surface area contributed by atoms with E-state index in [2.05, 4.69) is 35.4 Å². The topological polar surface area (TPSA) is 24.9 Å². The SMILES string of the molecule is C[C@H](NCC1CC2C=CC1C2)c1cccnc1. The molecule has 0 spiro atoms. The number of nitrogens with zero attached hydrogens (tertiary/aromatic N) is 1. The van der Waals surface area contributed by atoms with E-state index in [4.69, 9.17) is 0 Å². The van der Waals surface area contributed by atoms with Crippen LogP contribution in [-0.2, 0) is 0 Å². The van der Waals surface area contributed by atoms with Crippen LogP contribution in [0.25, 0.3) is 0 Å². The number of rotatable bonds is 4. The van der Waals surface area contributed by atoms with Gasteiger partial charge < -0.3 is 5.32 Å². The van der Waals surface area contributed by atoms with Gasteiger partial charge in [0.15, 0.2) is 0 Å². The zero-order valence-corrected chi connectivity index (χ0v) is 10.3. The minimum atomic E-state index is 0.409. The standard InChI is InChI=1S/C15H20N2/c1-11(14-3-2-6-16-9-14)17-10-15-8-12-4-5-13(15)7-12/h2-6,9,11-13,15,17H,7-8,10H2,1H3/t11-,12?,13?,15?/m0/s1. The zero-order valence-electron chi connectivity index (χ0n) is 10.3. The molecule has 0 aromatic carbocycles. The third-order valence-electron chi connectivity index (χ3n) is 4.29. The molecule has 2 bridgehead atoms. The van der Waals surface area contributed by atoms with Crippen LogP contribution >= 0.6 is 0 Å². The highest BCUT2D eigenvalue weighted by Crippen LogP contribution is 2.43. The van der Waals surface area contributed by atoms with Gasteiger partial charge in [0.05, 0.1) is 0 Å². The predicted molar refractivity (Wildman–Crippen MR) is 69.5 cm³/mol. The van der Waals surface area contributed by atoms with Crippen LogP contribution in [0.5, 0.6) is 0 Å². The van der Waals surface area contributed by atoms with E-state index in [0.29, 0.717) is 6.04 Å². The molecule has 17 heavy (non-hydrogen) atoms. The van der Waals surface area contributed by atoms with Crippen LogP contribution in [0.2, 0.25) is 0 Å². The first-order valence-electron chi connectivity index (χ1n) is 6.64. The number of pyridine rings is 1. The maximum atomic E-state index is 4.17. The molecule has 1 saturated carbocycles. The maximum Gasteiger partial charge on any atom is 0.0315 e. The maximum absolute atomic E-state index is 4.17. The Hall–Kier alpha value is -1.15. The lowest BCUT2D eigenvalue weighted by atomic mass is 9.93. The van der Waals surface area contributed by atoms with Crippen LogP contribution in [0.3, 0.4) is 0 Å². The summed E-state index contributed by atoms with van der Waals surface area (Å²) in [5.41, 5.74) is 1.28. The van der Waals surface area contributed by atoms with Gasteiger partial charge in [0.25, 0.3) is 0 Å². The molecule has 1 fully saturated rings. The van der Waals surface area contributed by atoms with Gasteiger partial charge in [0.1, 0.15) is 0 Å². The first-order valence-corrected chi connectivity index (χ1v) is 6.64. The zero-order chi connectivity index (χ0) is 11.7. The summed E-state index contributed by atoms with van der Waals surface area (Å²) < 4.78 is 0. The molecule has 1 aromatic heterocycles. The Bertz CT molecular complexity index is 399. The van der Waals surface area contributed by atoms with Crippen LogP contribution in [0.1, 0.15) is 31.4 Å². The summed E-state index contributed by atoms with van der Waals surface area (Å²) in [7, 11) is 0. The summed E-state index contributed by atoms with van der Waals surface area (Å²) in [6.07, 6.45) is 11.4. The lowest BCUT2D eigenvalue weighted by molar-refractivity contribution is 0.393. The van der Waals surface area contributed by atoms with Crippen molar-refractivity contribution in [1.29, 1.82) is 0 Å². The molecule has 1 N–H and O–H groups in total. The second-order valence-electron chi connectivity index (χ2n) is 5.46. The van der Waals surface area contributed by atoms with Crippen molar-refractivity contribution < 1.29 is 0 Å². The summed E-state index contributed by atoms with van der Waals surface area (Å²) >= 11 is 0. The van der Waals surface area contributed by atoms with Gasteiger partial charge in [-0.1, -0.05) is 18.2 Å². The Morgan fingerprint density at radius 2 is 2.35 bits per heavy atom. The van der Waals surface area contributed by atoms with Gasteiger partial charge in [-0.15, -0.1) is 0 Å². The van der Waals surface area contributed by atoms with E-state index in [-0.39, 0.29) is 0 Å². The summed E-state index contributed by atoms with van der Waals surface area (Å²) in [4.78, 5) is 4.17. The van der Waals surface area contributed by atoms with Crippen molar-refractivity contribution in [2.24, 2.45) is 17.8 Å². The van der Waals surface area contributed by atoms with E-state index in [0.717, 1.165) is 24.3 Å². The molecule has 2 nitrogen and oxygen atoms in total. The Morgan fingerprint density at radius 1 is 1.41 bits per heavy atom. The average Bonchev–Trinajstić information content (AvgIpc) is 2.99. The van der Waals surface area contributed by atoms with Crippen molar-refractivity contribution in [3.63, 3.8) is 0 Å². The Labute approximate surface area is 103 Å². The van der Waals surface area contributed by atoms with Crippen molar-refractivity contribution in [3.8, 4) is 0 Å². The largest absolute Gasteiger partial charge is 0.310 e. The minimum Gasteiger partial charge on any atom is -0.310 e. The molecule has 3 rings (SSSR count). The van der Waals surface area contributed by atoms with Crippen molar-refractivity contribution in [2.75, 3.05) is 6.54 Å². The van der Waals surface area contributed by atoms with E-state index in [1.165, 1.54) is 18.4 Å². The highest BCUT2D eigenvalue weighted by atomic mass is 14.9. The van der Waals surface area contributed by atoms with Crippen LogP contribution in [-0.4, -0.2) is 11.5 Å². The lowest BCUT2D eigenvalue weighted by Crippen LogP contribution is -2.27. The molecule has 0 amide bonds. The van der Waals surface area contributed by atoms with E-state index < -0.39 is 0 Å². The third kappa shape index (κ3) is 2.27. The Kier molecular flexibility index (Phi) is 2.98. The minimum absolute atomic E-state index is 0.409. The van der Waals surface area contributed by atoms with Crippen LogP contribution < -0.4 is 5.32 Å². The van der Waals surface area contributed by atoms with E-state index in [1.54, 1.807) is 0 Å². The van der Waals surface area contributed by atoms with Crippen molar-refractivity contribution in [1.82, 2.24) is 10.3 Å². The van der Waals surface area contributed by atoms with Gasteiger partial charge in [0, 0.05) is 18.4 Å². The fraction of sp³-hybridized carbons (Fsp3) is 0.533. The van der Waals surface area contributed by atoms with Crippen molar-refractivity contribution in [3.05, 3.63) is 42.2 Å². The smallest absolute Gasteiger partial charge is 0.0315 e. The fourth-order valence-corrected chi connectivity index (χ4v) is 3.21. The number of hydrogen-bond donors (Lipinski definition) is 1. The molecule has 90 valence electrons. The monoisotopic (exact) mass is 228 g/mol.